The summed E-state index contributed by atoms with van der Waals surface area (Å²) < 4.78 is 10.5. The minimum Gasteiger partial charge on any atom is -0.465 e. The van der Waals surface area contributed by atoms with Crippen LogP contribution in [-0.2, 0) is 11.3 Å². The Morgan fingerprint density at radius 3 is 2.59 bits per heavy atom. The number of ether oxygens (including phenoxy) is 1. The van der Waals surface area contributed by atoms with Gasteiger partial charge in [0.1, 0.15) is 18.3 Å². The van der Waals surface area contributed by atoms with Crippen LogP contribution in [0.4, 0.5) is 0 Å². The van der Waals surface area contributed by atoms with Gasteiger partial charge in [-0.05, 0) is 30.7 Å². The quantitative estimate of drug-likeness (QED) is 0.761. The number of carbonyl (C=O) groups excluding carboxylic acids is 1. The second-order valence-corrected chi connectivity index (χ2v) is 5.13. The van der Waals surface area contributed by atoms with Crippen molar-refractivity contribution in [3.05, 3.63) is 47.7 Å². The van der Waals surface area contributed by atoms with Crippen molar-refractivity contribution in [3.8, 4) is 11.3 Å². The molecular weight excluding hydrogens is 282 g/mol. The normalized spacial score (nSPS) is 12.1. The second-order valence-electron chi connectivity index (χ2n) is 5.13. The van der Waals surface area contributed by atoms with Gasteiger partial charge in [0.2, 0.25) is 0 Å². The van der Waals surface area contributed by atoms with E-state index in [1.807, 2.05) is 31.2 Å². The van der Waals surface area contributed by atoms with Crippen molar-refractivity contribution in [1.29, 1.82) is 0 Å². The topological polar surface area (TPSA) is 76.3 Å². The van der Waals surface area contributed by atoms with E-state index < -0.39 is 0 Å². The molecule has 2 rings (SSSR count). The van der Waals surface area contributed by atoms with Crippen molar-refractivity contribution in [2.75, 3.05) is 13.7 Å². The Hall–Kier alpha value is -2.11. The number of aliphatic hydroxyl groups excluding tert-OH is 1. The number of rotatable bonds is 7. The van der Waals surface area contributed by atoms with Crippen molar-refractivity contribution in [3.63, 3.8) is 0 Å². The Morgan fingerprint density at radius 1 is 1.27 bits per heavy atom. The van der Waals surface area contributed by atoms with Gasteiger partial charge in [0, 0.05) is 5.56 Å². The molecule has 5 heteroatoms. The lowest BCUT2D eigenvalue weighted by Crippen LogP contribution is -2.89. The maximum absolute atomic E-state index is 11.4. The lowest BCUT2D eigenvalue weighted by Gasteiger charge is -2.08. The number of quaternary nitrogens is 1. The highest BCUT2D eigenvalue weighted by Gasteiger charge is 2.11. The SMILES string of the molecule is CC[C@H](CO)[NH2+]Cc1ccc(-c2ccc(C(=O)OC)cc2)o1. The van der Waals surface area contributed by atoms with E-state index in [1.165, 1.54) is 7.11 Å². The molecule has 0 radical (unpaired) electrons. The first kappa shape index (κ1) is 16.3. The molecule has 0 aliphatic heterocycles. The molecule has 0 spiro atoms. The van der Waals surface area contributed by atoms with Crippen molar-refractivity contribution < 1.29 is 24.4 Å². The highest BCUT2D eigenvalue weighted by molar-refractivity contribution is 5.89. The number of hydrogen-bond donors (Lipinski definition) is 2. The molecule has 0 fully saturated rings. The monoisotopic (exact) mass is 304 g/mol. The zero-order chi connectivity index (χ0) is 15.9. The summed E-state index contributed by atoms with van der Waals surface area (Å²) in [6.45, 7) is 2.91. The molecule has 0 bridgehead atoms. The van der Waals surface area contributed by atoms with Crippen molar-refractivity contribution in [1.82, 2.24) is 0 Å². The Kier molecular flexibility index (Phi) is 5.75. The Labute approximate surface area is 129 Å². The summed E-state index contributed by atoms with van der Waals surface area (Å²) in [4.78, 5) is 11.4. The average molecular weight is 304 g/mol. The van der Waals surface area contributed by atoms with Crippen LogP contribution in [0.2, 0.25) is 0 Å². The van der Waals surface area contributed by atoms with Crippen molar-refractivity contribution >= 4 is 5.97 Å². The number of nitrogens with two attached hydrogens (primary N) is 1. The third kappa shape index (κ3) is 3.96. The molecule has 0 saturated carbocycles. The molecule has 0 aliphatic carbocycles. The van der Waals surface area contributed by atoms with Crippen LogP contribution in [-0.4, -0.2) is 30.8 Å². The zero-order valence-corrected chi connectivity index (χ0v) is 12.9. The maximum atomic E-state index is 11.4. The van der Waals surface area contributed by atoms with E-state index in [1.54, 1.807) is 12.1 Å². The number of methoxy groups -OCH3 is 1. The maximum Gasteiger partial charge on any atom is 0.337 e. The van der Waals surface area contributed by atoms with Crippen LogP contribution in [0.5, 0.6) is 0 Å². The molecule has 0 unspecified atom stereocenters. The van der Waals surface area contributed by atoms with E-state index in [0.29, 0.717) is 12.1 Å². The van der Waals surface area contributed by atoms with Crippen LogP contribution in [0.1, 0.15) is 29.5 Å². The zero-order valence-electron chi connectivity index (χ0n) is 12.9. The number of aliphatic hydroxyl groups is 1. The molecule has 0 saturated heterocycles. The number of benzene rings is 1. The Bertz CT molecular complexity index is 599. The number of furan rings is 1. The molecule has 2 aromatic rings. The van der Waals surface area contributed by atoms with E-state index >= 15 is 0 Å². The second kappa shape index (κ2) is 7.77. The van der Waals surface area contributed by atoms with E-state index in [-0.39, 0.29) is 18.6 Å². The molecule has 3 N–H and O–H groups in total. The van der Waals surface area contributed by atoms with Gasteiger partial charge < -0.3 is 19.6 Å². The smallest absolute Gasteiger partial charge is 0.337 e. The van der Waals surface area contributed by atoms with Crippen LogP contribution >= 0.6 is 0 Å². The number of hydrogen-bond acceptors (Lipinski definition) is 4. The largest absolute Gasteiger partial charge is 0.465 e. The summed E-state index contributed by atoms with van der Waals surface area (Å²) in [6.07, 6.45) is 0.916. The molecule has 0 aliphatic rings. The van der Waals surface area contributed by atoms with Gasteiger partial charge >= 0.3 is 5.97 Å². The average Bonchev–Trinajstić information content (AvgIpc) is 3.04. The van der Waals surface area contributed by atoms with Crippen LogP contribution in [0.3, 0.4) is 0 Å². The van der Waals surface area contributed by atoms with Gasteiger partial charge in [-0.3, -0.25) is 0 Å². The minimum absolute atomic E-state index is 0.166. The first-order chi connectivity index (χ1) is 10.7. The summed E-state index contributed by atoms with van der Waals surface area (Å²) in [5.74, 6) is 1.27. The van der Waals surface area contributed by atoms with Gasteiger partial charge in [-0.15, -0.1) is 0 Å². The predicted octanol–water partition coefficient (Wildman–Crippen LogP) is 1.57. The Morgan fingerprint density at radius 2 is 2.00 bits per heavy atom. The van der Waals surface area contributed by atoms with Gasteiger partial charge in [-0.2, -0.15) is 0 Å². The highest BCUT2D eigenvalue weighted by Crippen LogP contribution is 2.22. The number of esters is 1. The highest BCUT2D eigenvalue weighted by atomic mass is 16.5. The number of carbonyl (C=O) groups is 1. The van der Waals surface area contributed by atoms with Gasteiger partial charge in [0.25, 0.3) is 0 Å². The minimum atomic E-state index is -0.351. The standard InChI is InChI=1S/C17H21NO4/c1-3-14(11-19)18-10-15-8-9-16(22-15)12-4-6-13(7-5-12)17(20)21-2/h4-9,14,18-19H,3,10-11H2,1-2H3/p+1/t14-/m1/s1. The van der Waals surface area contributed by atoms with E-state index in [0.717, 1.165) is 23.5 Å². The molecule has 22 heavy (non-hydrogen) atoms. The van der Waals surface area contributed by atoms with Crippen LogP contribution < -0.4 is 5.32 Å². The summed E-state index contributed by atoms with van der Waals surface area (Å²) in [7, 11) is 1.36. The molecule has 1 aromatic heterocycles. The molecule has 1 heterocycles. The first-order valence-corrected chi connectivity index (χ1v) is 7.39. The third-order valence-corrected chi connectivity index (χ3v) is 3.66. The summed E-state index contributed by atoms with van der Waals surface area (Å²) in [5, 5.41) is 11.3. The molecule has 118 valence electrons. The van der Waals surface area contributed by atoms with E-state index in [2.05, 4.69) is 10.1 Å². The van der Waals surface area contributed by atoms with E-state index in [9.17, 15) is 9.90 Å². The van der Waals surface area contributed by atoms with Gasteiger partial charge in [-0.25, -0.2) is 4.79 Å². The predicted molar refractivity (Wildman–Crippen MR) is 82.3 cm³/mol. The van der Waals surface area contributed by atoms with Crippen molar-refractivity contribution in [2.45, 2.75) is 25.9 Å². The first-order valence-electron chi connectivity index (χ1n) is 7.39. The lowest BCUT2D eigenvalue weighted by atomic mass is 10.1. The molecule has 5 nitrogen and oxygen atoms in total. The van der Waals surface area contributed by atoms with Crippen LogP contribution in [0.15, 0.2) is 40.8 Å². The molecule has 1 atom stereocenters. The fourth-order valence-electron chi connectivity index (χ4n) is 2.18. The van der Waals surface area contributed by atoms with Gasteiger partial charge in [0.15, 0.2) is 5.76 Å². The van der Waals surface area contributed by atoms with Gasteiger partial charge in [0.05, 0.1) is 19.3 Å². The van der Waals surface area contributed by atoms with Crippen LogP contribution in [0.25, 0.3) is 11.3 Å². The van der Waals surface area contributed by atoms with Gasteiger partial charge in [-0.1, -0.05) is 19.1 Å². The van der Waals surface area contributed by atoms with Crippen molar-refractivity contribution in [2.24, 2.45) is 0 Å². The summed E-state index contributed by atoms with van der Waals surface area (Å²) >= 11 is 0. The fourth-order valence-corrected chi connectivity index (χ4v) is 2.18. The summed E-state index contributed by atoms with van der Waals surface area (Å²) in [5.41, 5.74) is 1.42. The Balaban J connectivity index is 2.03. The van der Waals surface area contributed by atoms with E-state index in [4.69, 9.17) is 4.42 Å². The molecular formula is C17H22NO4+. The van der Waals surface area contributed by atoms with Crippen LogP contribution in [0, 0.1) is 0 Å². The molecule has 0 amide bonds. The molecule has 1 aromatic carbocycles. The lowest BCUT2D eigenvalue weighted by molar-refractivity contribution is -0.707. The summed E-state index contributed by atoms with van der Waals surface area (Å²) in [6, 6.07) is 11.2. The fraction of sp³-hybridized carbons (Fsp3) is 0.353. The third-order valence-electron chi connectivity index (χ3n) is 3.66.